The van der Waals surface area contributed by atoms with E-state index in [-0.39, 0.29) is 0 Å². The van der Waals surface area contributed by atoms with Crippen molar-refractivity contribution in [2.24, 2.45) is 0 Å². The standard InChI is InChI=1S/C10H17/c1-3-5-7-9-10-8-6-4-2/h3,5,7-8H,1,4,6,9-10H2,2H3. The average Bonchev–Trinajstić information content (AvgIpc) is 1.97. The third-order valence-corrected chi connectivity index (χ3v) is 1.30. The first-order chi connectivity index (χ1) is 4.91. The second-order valence-corrected chi connectivity index (χ2v) is 2.32. The van der Waals surface area contributed by atoms with Crippen molar-refractivity contribution < 1.29 is 0 Å². The largest absolute Gasteiger partial charge is 0.0991 e. The molecule has 0 heteroatoms. The summed E-state index contributed by atoms with van der Waals surface area (Å²) >= 11 is 0. The van der Waals surface area contributed by atoms with Crippen LogP contribution in [-0.2, 0) is 0 Å². The van der Waals surface area contributed by atoms with Crippen LogP contribution in [0.3, 0.4) is 0 Å². The molecule has 0 rings (SSSR count). The fourth-order valence-electron chi connectivity index (χ4n) is 0.755. The van der Waals surface area contributed by atoms with E-state index in [0.29, 0.717) is 0 Å². The van der Waals surface area contributed by atoms with Crippen molar-refractivity contribution in [3.8, 4) is 0 Å². The number of hydrogen-bond donors (Lipinski definition) is 0. The Kier molecular flexibility index (Phi) is 8.04. The summed E-state index contributed by atoms with van der Waals surface area (Å²) in [5.74, 6) is 0. The number of rotatable bonds is 6. The highest BCUT2D eigenvalue weighted by Crippen LogP contribution is 2.01. The maximum Gasteiger partial charge on any atom is -0.0345 e. The molecule has 0 aliphatic carbocycles. The minimum Gasteiger partial charge on any atom is -0.0991 e. The molecule has 0 spiro atoms. The van der Waals surface area contributed by atoms with E-state index in [1.807, 2.05) is 12.2 Å². The van der Waals surface area contributed by atoms with Crippen LogP contribution in [0.1, 0.15) is 32.6 Å². The van der Waals surface area contributed by atoms with Crippen molar-refractivity contribution in [1.82, 2.24) is 0 Å². The van der Waals surface area contributed by atoms with E-state index < -0.39 is 0 Å². The monoisotopic (exact) mass is 137 g/mol. The van der Waals surface area contributed by atoms with Crippen LogP contribution in [0.4, 0.5) is 0 Å². The topological polar surface area (TPSA) is 0 Å². The minimum atomic E-state index is 1.16. The molecule has 0 N–H and O–H groups in total. The van der Waals surface area contributed by atoms with Crippen molar-refractivity contribution in [3.05, 3.63) is 31.2 Å². The van der Waals surface area contributed by atoms with Gasteiger partial charge in [0.05, 0.1) is 0 Å². The van der Waals surface area contributed by atoms with Crippen molar-refractivity contribution in [3.63, 3.8) is 0 Å². The molecule has 0 amide bonds. The van der Waals surface area contributed by atoms with Crippen LogP contribution in [0.25, 0.3) is 0 Å². The van der Waals surface area contributed by atoms with Gasteiger partial charge in [-0.1, -0.05) is 44.6 Å². The zero-order valence-corrected chi connectivity index (χ0v) is 6.84. The van der Waals surface area contributed by atoms with Gasteiger partial charge in [-0.15, -0.1) is 0 Å². The summed E-state index contributed by atoms with van der Waals surface area (Å²) in [6.07, 6.45) is 13.2. The summed E-state index contributed by atoms with van der Waals surface area (Å²) in [6.45, 7) is 5.80. The van der Waals surface area contributed by atoms with Gasteiger partial charge in [0.2, 0.25) is 0 Å². The number of unbranched alkanes of at least 4 members (excludes halogenated alkanes) is 4. The smallest absolute Gasteiger partial charge is 0.0345 e. The Hall–Kier alpha value is -0.520. The summed E-state index contributed by atoms with van der Waals surface area (Å²) < 4.78 is 0. The highest BCUT2D eigenvalue weighted by molar-refractivity contribution is 4.97. The molecular weight excluding hydrogens is 120 g/mol. The molecule has 0 aromatic carbocycles. The fraction of sp³-hybridized carbons (Fsp3) is 0.500. The summed E-state index contributed by atoms with van der Waals surface area (Å²) in [7, 11) is 0. The van der Waals surface area contributed by atoms with E-state index in [9.17, 15) is 0 Å². The van der Waals surface area contributed by atoms with Crippen LogP contribution in [0.5, 0.6) is 0 Å². The quantitative estimate of drug-likeness (QED) is 0.388. The number of hydrogen-bond acceptors (Lipinski definition) is 0. The lowest BCUT2D eigenvalue weighted by Crippen LogP contribution is -1.74. The first-order valence-corrected chi connectivity index (χ1v) is 4.01. The molecular formula is C10H17. The van der Waals surface area contributed by atoms with Crippen molar-refractivity contribution in [2.75, 3.05) is 0 Å². The van der Waals surface area contributed by atoms with Crippen LogP contribution in [0.2, 0.25) is 0 Å². The van der Waals surface area contributed by atoms with Gasteiger partial charge in [-0.3, -0.25) is 0 Å². The molecule has 10 heavy (non-hydrogen) atoms. The zero-order chi connectivity index (χ0) is 7.66. The maximum absolute atomic E-state index is 3.60. The predicted octanol–water partition coefficient (Wildman–Crippen LogP) is 3.51. The molecule has 1 radical (unpaired) electrons. The molecule has 0 atom stereocenters. The maximum atomic E-state index is 3.60. The third-order valence-electron chi connectivity index (χ3n) is 1.30. The van der Waals surface area contributed by atoms with Gasteiger partial charge in [0, 0.05) is 0 Å². The van der Waals surface area contributed by atoms with Gasteiger partial charge < -0.3 is 0 Å². The molecule has 0 aromatic rings. The van der Waals surface area contributed by atoms with Crippen molar-refractivity contribution >= 4 is 0 Å². The van der Waals surface area contributed by atoms with E-state index in [4.69, 9.17) is 0 Å². The first-order valence-electron chi connectivity index (χ1n) is 4.01. The van der Waals surface area contributed by atoms with E-state index in [1.165, 1.54) is 19.3 Å². The van der Waals surface area contributed by atoms with E-state index >= 15 is 0 Å². The van der Waals surface area contributed by atoms with Crippen LogP contribution in [-0.4, -0.2) is 0 Å². The Bertz CT molecular complexity index is 90.2. The summed E-state index contributed by atoms with van der Waals surface area (Å²) in [5, 5.41) is 0. The summed E-state index contributed by atoms with van der Waals surface area (Å²) in [6, 6.07) is 0. The normalized spacial score (nSPS) is 10.5. The molecule has 0 fully saturated rings. The fourth-order valence-corrected chi connectivity index (χ4v) is 0.755. The second-order valence-electron chi connectivity index (χ2n) is 2.32. The van der Waals surface area contributed by atoms with Crippen LogP contribution < -0.4 is 0 Å². The van der Waals surface area contributed by atoms with E-state index in [0.717, 1.165) is 6.42 Å². The Morgan fingerprint density at radius 1 is 1.20 bits per heavy atom. The molecule has 0 aromatic heterocycles. The summed E-state index contributed by atoms with van der Waals surface area (Å²) in [4.78, 5) is 0. The molecule has 0 heterocycles. The van der Waals surface area contributed by atoms with Crippen LogP contribution >= 0.6 is 0 Å². The van der Waals surface area contributed by atoms with Gasteiger partial charge in [0.1, 0.15) is 0 Å². The highest BCUT2D eigenvalue weighted by Gasteiger charge is 1.83. The molecule has 57 valence electrons. The molecule has 0 aliphatic heterocycles. The van der Waals surface area contributed by atoms with Crippen LogP contribution in [0.15, 0.2) is 24.8 Å². The Morgan fingerprint density at radius 3 is 2.60 bits per heavy atom. The van der Waals surface area contributed by atoms with Crippen molar-refractivity contribution in [2.45, 2.75) is 32.6 Å². The molecule has 0 nitrogen and oxygen atoms in total. The first kappa shape index (κ1) is 9.48. The Labute approximate surface area is 64.6 Å². The molecule has 0 saturated heterocycles. The molecule has 0 bridgehead atoms. The highest BCUT2D eigenvalue weighted by atomic mass is 13.9. The van der Waals surface area contributed by atoms with E-state index in [2.05, 4.69) is 26.0 Å². The van der Waals surface area contributed by atoms with Gasteiger partial charge >= 0.3 is 0 Å². The molecule has 0 unspecified atom stereocenters. The van der Waals surface area contributed by atoms with Crippen molar-refractivity contribution in [1.29, 1.82) is 0 Å². The Morgan fingerprint density at radius 2 is 2.00 bits per heavy atom. The van der Waals surface area contributed by atoms with Gasteiger partial charge in [-0.25, -0.2) is 0 Å². The molecule has 0 saturated carbocycles. The van der Waals surface area contributed by atoms with Gasteiger partial charge in [-0.2, -0.15) is 0 Å². The summed E-state index contributed by atoms with van der Waals surface area (Å²) in [5.41, 5.74) is 0. The molecule has 0 aliphatic rings. The lowest BCUT2D eigenvalue weighted by atomic mass is 10.1. The second kappa shape index (κ2) is 8.48. The minimum absolute atomic E-state index is 1.16. The van der Waals surface area contributed by atoms with E-state index in [1.54, 1.807) is 0 Å². The number of allylic oxidation sites excluding steroid dienone is 3. The SMILES string of the molecule is C=CC=CCC[CH]CCC. The van der Waals surface area contributed by atoms with Gasteiger partial charge in [0.15, 0.2) is 0 Å². The lowest BCUT2D eigenvalue weighted by molar-refractivity contribution is 0.822. The average molecular weight is 137 g/mol. The zero-order valence-electron chi connectivity index (χ0n) is 6.84. The van der Waals surface area contributed by atoms with Gasteiger partial charge in [-0.05, 0) is 19.3 Å². The lowest BCUT2D eigenvalue weighted by Gasteiger charge is -1.92. The van der Waals surface area contributed by atoms with Crippen LogP contribution in [0, 0.1) is 6.42 Å². The third kappa shape index (κ3) is 7.48. The predicted molar refractivity (Wildman–Crippen MR) is 47.8 cm³/mol. The Balaban J connectivity index is 2.90. The van der Waals surface area contributed by atoms with Gasteiger partial charge in [0.25, 0.3) is 0 Å².